The van der Waals surface area contributed by atoms with Crippen molar-refractivity contribution < 1.29 is 4.79 Å². The standard InChI is InChI=1S/C17H20N6O/c1-2-22-15-8-7-12(11-14(15)20-21-22)17(24)19-16-9-10-18-23(16)13-5-3-4-6-13/h7-11,13H,2-6H2,1H3,(H,19,24). The molecule has 1 aromatic carbocycles. The summed E-state index contributed by atoms with van der Waals surface area (Å²) in [6.45, 7) is 2.77. The van der Waals surface area contributed by atoms with Crippen LogP contribution in [0.5, 0.6) is 0 Å². The Balaban J connectivity index is 1.57. The first-order valence-electron chi connectivity index (χ1n) is 8.44. The molecule has 1 amide bonds. The Morgan fingerprint density at radius 3 is 2.92 bits per heavy atom. The minimum Gasteiger partial charge on any atom is -0.307 e. The molecule has 1 N–H and O–H groups in total. The van der Waals surface area contributed by atoms with E-state index in [0.717, 1.165) is 36.2 Å². The molecule has 0 radical (unpaired) electrons. The molecule has 3 aromatic rings. The first kappa shape index (κ1) is 14.9. The molecule has 124 valence electrons. The highest BCUT2D eigenvalue weighted by Crippen LogP contribution is 2.31. The number of hydrogen-bond acceptors (Lipinski definition) is 4. The van der Waals surface area contributed by atoms with Gasteiger partial charge in [-0.3, -0.25) is 4.79 Å². The van der Waals surface area contributed by atoms with Crippen LogP contribution in [-0.2, 0) is 6.54 Å². The molecule has 0 aliphatic heterocycles. The zero-order chi connectivity index (χ0) is 16.5. The van der Waals surface area contributed by atoms with Gasteiger partial charge in [0.2, 0.25) is 0 Å². The van der Waals surface area contributed by atoms with Crippen molar-refractivity contribution >= 4 is 22.8 Å². The molecule has 1 fully saturated rings. The van der Waals surface area contributed by atoms with Crippen LogP contribution in [0, 0.1) is 0 Å². The van der Waals surface area contributed by atoms with Crippen LogP contribution in [0.25, 0.3) is 11.0 Å². The quantitative estimate of drug-likeness (QED) is 0.800. The molecule has 7 nitrogen and oxygen atoms in total. The number of carbonyl (C=O) groups excluding carboxylic acids is 1. The fraction of sp³-hybridized carbons (Fsp3) is 0.412. The highest BCUT2D eigenvalue weighted by Gasteiger charge is 2.21. The number of rotatable bonds is 4. The number of hydrogen-bond donors (Lipinski definition) is 1. The number of nitrogens with one attached hydrogen (secondary N) is 1. The number of fused-ring (bicyclic) bond motifs is 1. The van der Waals surface area contributed by atoms with Crippen molar-refractivity contribution in [2.24, 2.45) is 0 Å². The molecule has 0 unspecified atom stereocenters. The third kappa shape index (κ3) is 2.55. The van der Waals surface area contributed by atoms with Crippen LogP contribution in [0.15, 0.2) is 30.5 Å². The van der Waals surface area contributed by atoms with Gasteiger partial charge < -0.3 is 5.32 Å². The van der Waals surface area contributed by atoms with Crippen LogP contribution in [0.1, 0.15) is 49.0 Å². The first-order chi connectivity index (χ1) is 11.8. The smallest absolute Gasteiger partial charge is 0.256 e. The van der Waals surface area contributed by atoms with E-state index in [1.807, 2.05) is 34.5 Å². The Morgan fingerprint density at radius 1 is 1.29 bits per heavy atom. The van der Waals surface area contributed by atoms with Crippen molar-refractivity contribution in [1.29, 1.82) is 0 Å². The maximum atomic E-state index is 12.6. The van der Waals surface area contributed by atoms with E-state index in [0.29, 0.717) is 11.6 Å². The number of benzene rings is 1. The Morgan fingerprint density at radius 2 is 2.12 bits per heavy atom. The highest BCUT2D eigenvalue weighted by molar-refractivity contribution is 6.05. The summed E-state index contributed by atoms with van der Waals surface area (Å²) in [6, 6.07) is 7.72. The zero-order valence-corrected chi connectivity index (χ0v) is 13.6. The fourth-order valence-electron chi connectivity index (χ4n) is 3.39. The first-order valence-corrected chi connectivity index (χ1v) is 8.44. The molecular weight excluding hydrogens is 304 g/mol. The summed E-state index contributed by atoms with van der Waals surface area (Å²) in [7, 11) is 0. The predicted molar refractivity (Wildman–Crippen MR) is 90.9 cm³/mol. The van der Waals surface area contributed by atoms with E-state index in [2.05, 4.69) is 20.7 Å². The van der Waals surface area contributed by atoms with Crippen LogP contribution in [0.4, 0.5) is 5.82 Å². The van der Waals surface area contributed by atoms with Crippen molar-refractivity contribution in [3.8, 4) is 0 Å². The second-order valence-corrected chi connectivity index (χ2v) is 6.16. The van der Waals surface area contributed by atoms with Crippen LogP contribution >= 0.6 is 0 Å². The van der Waals surface area contributed by atoms with Gasteiger partial charge in [-0.2, -0.15) is 5.10 Å². The zero-order valence-electron chi connectivity index (χ0n) is 13.6. The van der Waals surface area contributed by atoms with Gasteiger partial charge in [0.25, 0.3) is 5.91 Å². The summed E-state index contributed by atoms with van der Waals surface area (Å²) < 4.78 is 3.75. The maximum Gasteiger partial charge on any atom is 0.256 e. The molecule has 0 saturated heterocycles. The number of nitrogens with zero attached hydrogens (tertiary/aromatic N) is 5. The van der Waals surface area contributed by atoms with Gasteiger partial charge in [-0.25, -0.2) is 9.36 Å². The molecule has 24 heavy (non-hydrogen) atoms. The predicted octanol–water partition coefficient (Wildman–Crippen LogP) is 3.02. The Labute approximate surface area is 139 Å². The number of anilines is 1. The number of amides is 1. The molecule has 2 heterocycles. The molecule has 7 heteroatoms. The van der Waals surface area contributed by atoms with Gasteiger partial charge in [-0.05, 0) is 38.0 Å². The fourth-order valence-corrected chi connectivity index (χ4v) is 3.39. The van der Waals surface area contributed by atoms with Gasteiger partial charge in [0.1, 0.15) is 11.3 Å². The summed E-state index contributed by atoms with van der Waals surface area (Å²) in [5.41, 5.74) is 2.24. The van der Waals surface area contributed by atoms with E-state index in [1.165, 1.54) is 12.8 Å². The van der Waals surface area contributed by atoms with Gasteiger partial charge in [-0.1, -0.05) is 18.1 Å². The average Bonchev–Trinajstić information content (AvgIpc) is 3.33. The van der Waals surface area contributed by atoms with Crippen molar-refractivity contribution in [2.75, 3.05) is 5.32 Å². The molecule has 1 saturated carbocycles. The second-order valence-electron chi connectivity index (χ2n) is 6.16. The molecule has 0 spiro atoms. The van der Waals surface area contributed by atoms with Crippen molar-refractivity contribution in [1.82, 2.24) is 24.8 Å². The summed E-state index contributed by atoms with van der Waals surface area (Å²) in [6.07, 6.45) is 6.43. The average molecular weight is 324 g/mol. The topological polar surface area (TPSA) is 77.6 Å². The van der Waals surface area contributed by atoms with Gasteiger partial charge >= 0.3 is 0 Å². The van der Waals surface area contributed by atoms with E-state index >= 15 is 0 Å². The van der Waals surface area contributed by atoms with E-state index in [-0.39, 0.29) is 5.91 Å². The van der Waals surface area contributed by atoms with Crippen molar-refractivity contribution in [3.05, 3.63) is 36.0 Å². The third-order valence-electron chi connectivity index (χ3n) is 4.66. The van der Waals surface area contributed by atoms with Crippen LogP contribution in [0.2, 0.25) is 0 Å². The largest absolute Gasteiger partial charge is 0.307 e. The van der Waals surface area contributed by atoms with E-state index in [1.54, 1.807) is 12.3 Å². The van der Waals surface area contributed by atoms with Gasteiger partial charge in [0.15, 0.2) is 0 Å². The minimum atomic E-state index is -0.150. The van der Waals surface area contributed by atoms with Crippen LogP contribution in [0.3, 0.4) is 0 Å². The lowest BCUT2D eigenvalue weighted by Crippen LogP contribution is -2.17. The SMILES string of the molecule is CCn1nnc2cc(C(=O)Nc3ccnn3C3CCCC3)ccc21. The van der Waals surface area contributed by atoms with Crippen LogP contribution < -0.4 is 5.32 Å². The van der Waals surface area contributed by atoms with Gasteiger partial charge in [0, 0.05) is 18.2 Å². The summed E-state index contributed by atoms with van der Waals surface area (Å²) in [4.78, 5) is 12.6. The number of carbonyl (C=O) groups is 1. The van der Waals surface area contributed by atoms with Crippen molar-refractivity contribution in [3.63, 3.8) is 0 Å². The van der Waals surface area contributed by atoms with E-state index in [9.17, 15) is 4.79 Å². The Hall–Kier alpha value is -2.70. The molecular formula is C17H20N6O. The van der Waals surface area contributed by atoms with E-state index in [4.69, 9.17) is 0 Å². The highest BCUT2D eigenvalue weighted by atomic mass is 16.1. The lowest BCUT2D eigenvalue weighted by atomic mass is 10.2. The normalized spacial score (nSPS) is 15.2. The lowest BCUT2D eigenvalue weighted by molar-refractivity contribution is 0.102. The molecule has 0 atom stereocenters. The summed E-state index contributed by atoms with van der Waals surface area (Å²) in [5.74, 6) is 0.604. The third-order valence-corrected chi connectivity index (χ3v) is 4.66. The second kappa shape index (κ2) is 6.07. The monoisotopic (exact) mass is 324 g/mol. The Bertz CT molecular complexity index is 874. The maximum absolute atomic E-state index is 12.6. The number of aromatic nitrogens is 5. The van der Waals surface area contributed by atoms with Gasteiger partial charge in [-0.15, -0.1) is 5.10 Å². The molecule has 1 aliphatic rings. The molecule has 4 rings (SSSR count). The van der Waals surface area contributed by atoms with E-state index < -0.39 is 0 Å². The van der Waals surface area contributed by atoms with Gasteiger partial charge in [0.05, 0.1) is 17.8 Å². The molecule has 0 bridgehead atoms. The molecule has 1 aliphatic carbocycles. The molecule has 2 aromatic heterocycles. The summed E-state index contributed by atoms with van der Waals surface area (Å²) in [5, 5.41) is 15.6. The van der Waals surface area contributed by atoms with Crippen LogP contribution in [-0.4, -0.2) is 30.7 Å². The minimum absolute atomic E-state index is 0.150. The lowest BCUT2D eigenvalue weighted by Gasteiger charge is -2.14. The number of aryl methyl sites for hydroxylation is 1. The summed E-state index contributed by atoms with van der Waals surface area (Å²) >= 11 is 0. The van der Waals surface area contributed by atoms with Crippen molar-refractivity contribution in [2.45, 2.75) is 45.2 Å². The Kier molecular flexibility index (Phi) is 3.76.